The van der Waals surface area contributed by atoms with E-state index in [0.29, 0.717) is 12.2 Å². The molecule has 0 atom stereocenters. The number of carbonyl (C=O) groups excluding carboxylic acids is 1. The Balaban J connectivity index is 1.30. The standard InChI is InChI=1S/C21H25N5OS/c1-25-14-18(12-23-25)21-24-19(15-28-21)20(27)22-11-16-5-7-17(8-6-16)13-26-9-3-2-4-10-26/h5-8,12,14-15H,2-4,9-11,13H2,1H3,(H,22,27). The van der Waals surface area contributed by atoms with Crippen LogP contribution in [0.5, 0.6) is 0 Å². The van der Waals surface area contributed by atoms with Crippen molar-refractivity contribution >= 4 is 17.2 Å². The Labute approximate surface area is 169 Å². The van der Waals surface area contributed by atoms with Crippen molar-refractivity contribution in [2.24, 2.45) is 7.05 Å². The number of benzene rings is 1. The average Bonchev–Trinajstić information content (AvgIpc) is 3.37. The second-order valence-corrected chi connectivity index (χ2v) is 8.13. The van der Waals surface area contributed by atoms with Gasteiger partial charge in [0.15, 0.2) is 0 Å². The molecule has 6 nitrogen and oxygen atoms in total. The van der Waals surface area contributed by atoms with Crippen LogP contribution in [0.15, 0.2) is 42.0 Å². The zero-order chi connectivity index (χ0) is 19.3. The number of carbonyl (C=O) groups is 1. The summed E-state index contributed by atoms with van der Waals surface area (Å²) in [6.07, 6.45) is 7.63. The van der Waals surface area contributed by atoms with Crippen LogP contribution in [-0.2, 0) is 20.1 Å². The molecule has 7 heteroatoms. The molecule has 1 fully saturated rings. The van der Waals surface area contributed by atoms with Crippen LogP contribution in [0.1, 0.15) is 40.9 Å². The SMILES string of the molecule is Cn1cc(-c2nc(C(=O)NCc3ccc(CN4CCCCC4)cc3)cs2)cn1. The molecule has 3 heterocycles. The zero-order valence-corrected chi connectivity index (χ0v) is 16.9. The van der Waals surface area contributed by atoms with Crippen LogP contribution >= 0.6 is 11.3 Å². The van der Waals surface area contributed by atoms with Crippen molar-refractivity contribution in [1.82, 2.24) is 25.0 Å². The van der Waals surface area contributed by atoms with E-state index in [1.807, 2.05) is 13.2 Å². The fraction of sp³-hybridized carbons (Fsp3) is 0.381. The maximum Gasteiger partial charge on any atom is 0.271 e. The lowest BCUT2D eigenvalue weighted by Gasteiger charge is -2.26. The molecule has 3 aromatic rings. The number of likely N-dealkylation sites (tertiary alicyclic amines) is 1. The topological polar surface area (TPSA) is 63.1 Å². The lowest BCUT2D eigenvalue weighted by atomic mass is 10.1. The molecule has 4 rings (SSSR count). The van der Waals surface area contributed by atoms with Gasteiger partial charge in [0, 0.05) is 37.3 Å². The highest BCUT2D eigenvalue weighted by atomic mass is 32.1. The van der Waals surface area contributed by atoms with Crippen molar-refractivity contribution < 1.29 is 4.79 Å². The van der Waals surface area contributed by atoms with Gasteiger partial charge in [0.05, 0.1) is 6.20 Å². The number of nitrogens with one attached hydrogen (secondary N) is 1. The minimum atomic E-state index is -0.149. The van der Waals surface area contributed by atoms with Crippen molar-refractivity contribution in [2.45, 2.75) is 32.4 Å². The average molecular weight is 396 g/mol. The quantitative estimate of drug-likeness (QED) is 0.694. The molecular weight excluding hydrogens is 370 g/mol. The second-order valence-electron chi connectivity index (χ2n) is 7.28. The van der Waals surface area contributed by atoms with E-state index in [1.165, 1.54) is 49.3 Å². The fourth-order valence-corrected chi connectivity index (χ4v) is 4.23. The lowest BCUT2D eigenvalue weighted by Crippen LogP contribution is -2.29. The van der Waals surface area contributed by atoms with Gasteiger partial charge in [-0.3, -0.25) is 14.4 Å². The number of hydrogen-bond donors (Lipinski definition) is 1. The number of piperidine rings is 1. The summed E-state index contributed by atoms with van der Waals surface area (Å²) in [4.78, 5) is 19.4. The maximum absolute atomic E-state index is 12.4. The third kappa shape index (κ3) is 4.66. The Morgan fingerprint density at radius 2 is 1.89 bits per heavy atom. The molecule has 0 unspecified atom stereocenters. The number of nitrogens with zero attached hydrogens (tertiary/aromatic N) is 4. The van der Waals surface area contributed by atoms with Crippen LogP contribution in [-0.4, -0.2) is 38.7 Å². The van der Waals surface area contributed by atoms with E-state index in [0.717, 1.165) is 22.7 Å². The number of hydrogen-bond acceptors (Lipinski definition) is 5. The molecule has 1 N–H and O–H groups in total. The number of aryl methyl sites for hydroxylation is 1. The van der Waals surface area contributed by atoms with E-state index in [4.69, 9.17) is 0 Å². The van der Waals surface area contributed by atoms with E-state index >= 15 is 0 Å². The maximum atomic E-state index is 12.4. The van der Waals surface area contributed by atoms with Crippen LogP contribution < -0.4 is 5.32 Å². The Morgan fingerprint density at radius 3 is 2.61 bits per heavy atom. The number of rotatable bonds is 6. The van der Waals surface area contributed by atoms with Gasteiger partial charge in [-0.2, -0.15) is 5.10 Å². The molecule has 146 valence electrons. The largest absolute Gasteiger partial charge is 0.347 e. The first-order valence-electron chi connectivity index (χ1n) is 9.70. The molecule has 1 amide bonds. The highest BCUT2D eigenvalue weighted by Gasteiger charge is 2.13. The molecule has 28 heavy (non-hydrogen) atoms. The van der Waals surface area contributed by atoms with Gasteiger partial charge in [0.25, 0.3) is 5.91 Å². The number of thiazole rings is 1. The normalized spacial score (nSPS) is 14.9. The summed E-state index contributed by atoms with van der Waals surface area (Å²) in [5, 5.41) is 9.70. The third-order valence-corrected chi connectivity index (χ3v) is 5.91. The van der Waals surface area contributed by atoms with Gasteiger partial charge in [-0.15, -0.1) is 11.3 Å². The summed E-state index contributed by atoms with van der Waals surface area (Å²) < 4.78 is 1.73. The van der Waals surface area contributed by atoms with Gasteiger partial charge < -0.3 is 5.32 Å². The summed E-state index contributed by atoms with van der Waals surface area (Å²) in [6.45, 7) is 3.92. The van der Waals surface area contributed by atoms with Gasteiger partial charge in [-0.25, -0.2) is 4.98 Å². The first kappa shape index (κ1) is 18.8. The summed E-state index contributed by atoms with van der Waals surface area (Å²) in [7, 11) is 1.86. The van der Waals surface area contributed by atoms with Crippen LogP contribution in [0.3, 0.4) is 0 Å². The minimum Gasteiger partial charge on any atom is -0.347 e. The van der Waals surface area contributed by atoms with Gasteiger partial charge in [0.2, 0.25) is 0 Å². The van der Waals surface area contributed by atoms with Gasteiger partial charge in [-0.1, -0.05) is 30.7 Å². The predicted octanol–water partition coefficient (Wildman–Crippen LogP) is 3.46. The molecule has 1 aliphatic rings. The van der Waals surface area contributed by atoms with E-state index in [1.54, 1.807) is 16.3 Å². The van der Waals surface area contributed by atoms with Gasteiger partial charge >= 0.3 is 0 Å². The van der Waals surface area contributed by atoms with E-state index in [-0.39, 0.29) is 5.91 Å². The van der Waals surface area contributed by atoms with Crippen LogP contribution in [0.2, 0.25) is 0 Å². The number of amides is 1. The van der Waals surface area contributed by atoms with E-state index in [2.05, 4.69) is 44.6 Å². The molecule has 0 spiro atoms. The zero-order valence-electron chi connectivity index (χ0n) is 16.1. The van der Waals surface area contributed by atoms with Crippen molar-refractivity contribution in [3.8, 4) is 10.6 Å². The Hall–Kier alpha value is -2.51. The Morgan fingerprint density at radius 1 is 1.14 bits per heavy atom. The van der Waals surface area contributed by atoms with E-state index < -0.39 is 0 Å². The molecule has 1 aliphatic heterocycles. The Kier molecular flexibility index (Phi) is 5.83. The highest BCUT2D eigenvalue weighted by molar-refractivity contribution is 7.13. The first-order valence-corrected chi connectivity index (χ1v) is 10.6. The van der Waals surface area contributed by atoms with Crippen molar-refractivity contribution in [1.29, 1.82) is 0 Å². The summed E-state index contributed by atoms with van der Waals surface area (Å²) >= 11 is 1.45. The Bertz CT molecular complexity index is 924. The molecule has 2 aromatic heterocycles. The van der Waals surface area contributed by atoms with Crippen LogP contribution in [0.4, 0.5) is 0 Å². The highest BCUT2D eigenvalue weighted by Crippen LogP contribution is 2.23. The van der Waals surface area contributed by atoms with Gasteiger partial charge in [-0.05, 0) is 37.1 Å². The molecule has 0 radical (unpaired) electrons. The van der Waals surface area contributed by atoms with Gasteiger partial charge in [0.1, 0.15) is 10.7 Å². The molecular formula is C21H25N5OS. The van der Waals surface area contributed by atoms with Crippen molar-refractivity contribution in [3.05, 3.63) is 58.9 Å². The second kappa shape index (κ2) is 8.67. The summed E-state index contributed by atoms with van der Waals surface area (Å²) in [5.74, 6) is -0.149. The molecule has 0 aliphatic carbocycles. The lowest BCUT2D eigenvalue weighted by molar-refractivity contribution is 0.0946. The molecule has 1 saturated heterocycles. The summed E-state index contributed by atoms with van der Waals surface area (Å²) in [6, 6.07) is 8.53. The van der Waals surface area contributed by atoms with Crippen LogP contribution in [0, 0.1) is 0 Å². The van der Waals surface area contributed by atoms with Crippen molar-refractivity contribution in [2.75, 3.05) is 13.1 Å². The molecule has 0 saturated carbocycles. The van der Waals surface area contributed by atoms with Crippen molar-refractivity contribution in [3.63, 3.8) is 0 Å². The molecule has 0 bridgehead atoms. The van der Waals surface area contributed by atoms with E-state index in [9.17, 15) is 4.79 Å². The summed E-state index contributed by atoms with van der Waals surface area (Å²) in [5.41, 5.74) is 3.80. The minimum absolute atomic E-state index is 0.149. The van der Waals surface area contributed by atoms with Crippen LogP contribution in [0.25, 0.3) is 10.6 Å². The third-order valence-electron chi connectivity index (χ3n) is 5.02. The smallest absolute Gasteiger partial charge is 0.271 e. The number of aromatic nitrogens is 3. The predicted molar refractivity (Wildman–Crippen MR) is 111 cm³/mol. The monoisotopic (exact) mass is 395 g/mol. The first-order chi connectivity index (χ1) is 13.7. The molecule has 1 aromatic carbocycles. The fourth-order valence-electron chi connectivity index (χ4n) is 3.45.